The number of anilines is 1. The smallest absolute Gasteiger partial charge is 0.0642 e. The van der Waals surface area contributed by atoms with Crippen LogP contribution in [0.3, 0.4) is 0 Å². The van der Waals surface area contributed by atoms with Gasteiger partial charge in [0.25, 0.3) is 0 Å². The molecular weight excluding hydrogens is 284 g/mol. The summed E-state index contributed by atoms with van der Waals surface area (Å²) in [6.07, 6.45) is 2.51. The summed E-state index contributed by atoms with van der Waals surface area (Å²) in [6.45, 7) is 8.99. The van der Waals surface area contributed by atoms with Crippen molar-refractivity contribution in [3.63, 3.8) is 0 Å². The summed E-state index contributed by atoms with van der Waals surface area (Å²) in [5.74, 6) is 0. The van der Waals surface area contributed by atoms with Crippen molar-refractivity contribution >= 4 is 17.3 Å². The van der Waals surface area contributed by atoms with Crippen LogP contribution < -0.4 is 10.2 Å². The van der Waals surface area contributed by atoms with Crippen LogP contribution in [-0.2, 0) is 11.3 Å². The molecule has 1 fully saturated rings. The Morgan fingerprint density at radius 3 is 2.57 bits per heavy atom. The molecule has 0 saturated heterocycles. The van der Waals surface area contributed by atoms with Crippen LogP contribution in [0.2, 0.25) is 5.02 Å². The summed E-state index contributed by atoms with van der Waals surface area (Å²) >= 11 is 6.51. The first-order valence-electron chi connectivity index (χ1n) is 7.70. The molecule has 3 nitrogen and oxygen atoms in total. The van der Waals surface area contributed by atoms with Crippen LogP contribution in [0, 0.1) is 0 Å². The van der Waals surface area contributed by atoms with Crippen molar-refractivity contribution in [2.24, 2.45) is 0 Å². The third-order valence-electron chi connectivity index (χ3n) is 3.67. The van der Waals surface area contributed by atoms with Crippen molar-refractivity contribution in [1.82, 2.24) is 5.32 Å². The van der Waals surface area contributed by atoms with Gasteiger partial charge in [0.1, 0.15) is 0 Å². The average molecular weight is 311 g/mol. The van der Waals surface area contributed by atoms with Gasteiger partial charge in [0.2, 0.25) is 0 Å². The molecule has 0 heterocycles. The molecule has 21 heavy (non-hydrogen) atoms. The van der Waals surface area contributed by atoms with Crippen LogP contribution in [0.4, 0.5) is 5.69 Å². The monoisotopic (exact) mass is 310 g/mol. The van der Waals surface area contributed by atoms with E-state index in [-0.39, 0.29) is 5.54 Å². The number of nitrogens with zero attached hydrogens (tertiary/aromatic N) is 1. The Hall–Kier alpha value is -0.770. The fourth-order valence-electron chi connectivity index (χ4n) is 2.34. The Labute approximate surface area is 133 Å². The number of methoxy groups -OCH3 is 1. The van der Waals surface area contributed by atoms with E-state index >= 15 is 0 Å². The SMILES string of the molecule is COCCN(c1ccc(CNC(C)(C)C)cc1Cl)C1CC1. The predicted molar refractivity (Wildman–Crippen MR) is 90.3 cm³/mol. The molecule has 1 aliphatic rings. The van der Waals surface area contributed by atoms with Gasteiger partial charge in [0, 0.05) is 31.8 Å². The van der Waals surface area contributed by atoms with E-state index in [0.717, 1.165) is 30.4 Å². The number of nitrogens with one attached hydrogen (secondary N) is 1. The van der Waals surface area contributed by atoms with Crippen LogP contribution in [0.15, 0.2) is 18.2 Å². The summed E-state index contributed by atoms with van der Waals surface area (Å²) in [5.41, 5.74) is 2.47. The molecule has 1 aliphatic carbocycles. The van der Waals surface area contributed by atoms with Gasteiger partial charge in [0.15, 0.2) is 0 Å². The van der Waals surface area contributed by atoms with E-state index in [2.05, 4.69) is 49.2 Å². The van der Waals surface area contributed by atoms with Crippen LogP contribution in [0.5, 0.6) is 0 Å². The van der Waals surface area contributed by atoms with E-state index in [1.165, 1.54) is 18.4 Å². The van der Waals surface area contributed by atoms with Gasteiger partial charge in [-0.05, 0) is 51.3 Å². The third kappa shape index (κ3) is 5.17. The lowest BCUT2D eigenvalue weighted by molar-refractivity contribution is 0.205. The number of benzene rings is 1. The molecule has 0 aliphatic heterocycles. The second-order valence-corrected chi connectivity index (χ2v) is 7.21. The number of halogens is 1. The minimum absolute atomic E-state index is 0.115. The largest absolute Gasteiger partial charge is 0.383 e. The van der Waals surface area contributed by atoms with Gasteiger partial charge in [-0.25, -0.2) is 0 Å². The zero-order valence-electron chi connectivity index (χ0n) is 13.6. The zero-order chi connectivity index (χ0) is 15.5. The minimum Gasteiger partial charge on any atom is -0.383 e. The van der Waals surface area contributed by atoms with Gasteiger partial charge in [-0.3, -0.25) is 0 Å². The fourth-order valence-corrected chi connectivity index (χ4v) is 2.65. The maximum atomic E-state index is 6.51. The van der Waals surface area contributed by atoms with E-state index < -0.39 is 0 Å². The van der Waals surface area contributed by atoms with Crippen LogP contribution in [0.25, 0.3) is 0 Å². The first-order chi connectivity index (χ1) is 9.90. The minimum atomic E-state index is 0.115. The van der Waals surface area contributed by atoms with Gasteiger partial charge in [-0.2, -0.15) is 0 Å². The molecule has 0 bridgehead atoms. The van der Waals surface area contributed by atoms with Gasteiger partial charge < -0.3 is 15.0 Å². The molecule has 0 amide bonds. The van der Waals surface area contributed by atoms with Crippen molar-refractivity contribution in [3.8, 4) is 0 Å². The summed E-state index contributed by atoms with van der Waals surface area (Å²) < 4.78 is 5.22. The van der Waals surface area contributed by atoms with Crippen LogP contribution >= 0.6 is 11.6 Å². The van der Waals surface area contributed by atoms with E-state index in [1.54, 1.807) is 7.11 Å². The molecule has 2 rings (SSSR count). The fraction of sp³-hybridized carbons (Fsp3) is 0.647. The highest BCUT2D eigenvalue weighted by Gasteiger charge is 2.30. The molecule has 0 aromatic heterocycles. The quantitative estimate of drug-likeness (QED) is 0.828. The average Bonchev–Trinajstić information content (AvgIpc) is 3.22. The van der Waals surface area contributed by atoms with Crippen molar-refractivity contribution in [2.45, 2.75) is 51.7 Å². The standard InChI is InChI=1S/C17H27ClN2O/c1-17(2,3)19-12-13-5-8-16(15(18)11-13)20(9-10-21-4)14-6-7-14/h5,8,11,14,19H,6-7,9-10,12H2,1-4H3. The van der Waals surface area contributed by atoms with E-state index in [4.69, 9.17) is 16.3 Å². The Kier molecular flexibility index (Phi) is 5.53. The summed E-state index contributed by atoms with van der Waals surface area (Å²) in [5, 5.41) is 4.33. The normalized spacial score (nSPS) is 15.3. The lowest BCUT2D eigenvalue weighted by Gasteiger charge is -2.26. The van der Waals surface area contributed by atoms with Gasteiger partial charge in [0.05, 0.1) is 17.3 Å². The second-order valence-electron chi connectivity index (χ2n) is 6.81. The Morgan fingerprint density at radius 2 is 2.05 bits per heavy atom. The topological polar surface area (TPSA) is 24.5 Å². The van der Waals surface area contributed by atoms with Crippen molar-refractivity contribution in [3.05, 3.63) is 28.8 Å². The summed E-state index contributed by atoms with van der Waals surface area (Å²) in [6, 6.07) is 7.03. The lowest BCUT2D eigenvalue weighted by atomic mass is 10.1. The molecule has 1 aromatic rings. The highest BCUT2D eigenvalue weighted by atomic mass is 35.5. The first kappa shape index (κ1) is 16.6. The maximum Gasteiger partial charge on any atom is 0.0642 e. The van der Waals surface area contributed by atoms with E-state index in [1.807, 2.05) is 0 Å². The Balaban J connectivity index is 2.06. The van der Waals surface area contributed by atoms with Gasteiger partial charge in [-0.15, -0.1) is 0 Å². The maximum absolute atomic E-state index is 6.51. The van der Waals surface area contributed by atoms with E-state index in [9.17, 15) is 0 Å². The Morgan fingerprint density at radius 1 is 1.33 bits per heavy atom. The number of rotatable bonds is 7. The highest BCUT2D eigenvalue weighted by molar-refractivity contribution is 6.33. The summed E-state index contributed by atoms with van der Waals surface area (Å²) in [7, 11) is 1.74. The van der Waals surface area contributed by atoms with E-state index in [0.29, 0.717) is 6.04 Å². The number of ether oxygens (including phenoxy) is 1. The van der Waals surface area contributed by atoms with Crippen molar-refractivity contribution in [2.75, 3.05) is 25.2 Å². The molecular formula is C17H27ClN2O. The molecule has 1 saturated carbocycles. The van der Waals surface area contributed by atoms with Crippen molar-refractivity contribution in [1.29, 1.82) is 0 Å². The molecule has 0 radical (unpaired) electrons. The third-order valence-corrected chi connectivity index (χ3v) is 3.97. The molecule has 0 unspecified atom stereocenters. The molecule has 1 N–H and O–H groups in total. The lowest BCUT2D eigenvalue weighted by Crippen LogP contribution is -2.35. The first-order valence-corrected chi connectivity index (χ1v) is 8.07. The molecule has 0 spiro atoms. The number of hydrogen-bond donors (Lipinski definition) is 1. The van der Waals surface area contributed by atoms with Crippen LogP contribution in [0.1, 0.15) is 39.2 Å². The molecule has 0 atom stereocenters. The van der Waals surface area contributed by atoms with Crippen LogP contribution in [-0.4, -0.2) is 31.8 Å². The predicted octanol–water partition coefficient (Wildman–Crippen LogP) is 3.84. The molecule has 4 heteroatoms. The molecule has 118 valence electrons. The van der Waals surface area contributed by atoms with Gasteiger partial charge >= 0.3 is 0 Å². The van der Waals surface area contributed by atoms with Gasteiger partial charge in [-0.1, -0.05) is 17.7 Å². The highest BCUT2D eigenvalue weighted by Crippen LogP contribution is 2.35. The summed E-state index contributed by atoms with van der Waals surface area (Å²) in [4.78, 5) is 2.38. The second kappa shape index (κ2) is 6.99. The Bertz CT molecular complexity index is 466. The molecule has 1 aromatic carbocycles. The number of hydrogen-bond acceptors (Lipinski definition) is 3. The van der Waals surface area contributed by atoms with Crippen molar-refractivity contribution < 1.29 is 4.74 Å². The zero-order valence-corrected chi connectivity index (χ0v) is 14.3.